The molecule has 17 nitrogen and oxygen atoms in total. The molecule has 3 amide bonds. The SMILES string of the molecule is CNC(=O)COc1cc2cc(Nc3nc(N4CCC5(CCC(CN6CCN(c7ccc8c(C9CCC(=O)NC9=O)nn(C)c8c7)CC6)CC5)CC4)ncc3Cl)cnc2n(C(C)C)c1=O. The number of hydrogen-bond donors (Lipinski definition) is 3. The number of carbonyl (C=O) groups excluding carboxylic acids is 3. The summed E-state index contributed by atoms with van der Waals surface area (Å²) in [6.07, 6.45) is 11.4. The molecule has 3 aliphatic heterocycles. The van der Waals surface area contributed by atoms with Crippen LogP contribution in [-0.2, 0) is 21.4 Å². The predicted molar refractivity (Wildman–Crippen MR) is 247 cm³/mol. The van der Waals surface area contributed by atoms with Crippen molar-refractivity contribution in [2.75, 3.05) is 74.6 Å². The third-order valence-electron chi connectivity index (χ3n) is 13.9. The Labute approximate surface area is 376 Å². The van der Waals surface area contributed by atoms with Crippen molar-refractivity contribution < 1.29 is 19.1 Å². The van der Waals surface area contributed by atoms with Gasteiger partial charge in [-0.15, -0.1) is 0 Å². The van der Waals surface area contributed by atoms with E-state index in [1.54, 1.807) is 23.0 Å². The molecule has 0 radical (unpaired) electrons. The number of benzene rings is 1. The van der Waals surface area contributed by atoms with E-state index in [0.717, 1.165) is 75.3 Å². The molecule has 3 N–H and O–H groups in total. The molecule has 1 atom stereocenters. The summed E-state index contributed by atoms with van der Waals surface area (Å²) in [6, 6.07) is 9.72. The number of pyridine rings is 2. The van der Waals surface area contributed by atoms with Crippen LogP contribution >= 0.6 is 11.6 Å². The topological polar surface area (TPSA) is 185 Å². The first-order chi connectivity index (χ1) is 30.9. The summed E-state index contributed by atoms with van der Waals surface area (Å²) in [7, 11) is 3.44. The van der Waals surface area contributed by atoms with E-state index in [9.17, 15) is 19.2 Å². The van der Waals surface area contributed by atoms with Crippen LogP contribution in [0.15, 0.2) is 47.5 Å². The van der Waals surface area contributed by atoms with Crippen LogP contribution in [0.5, 0.6) is 5.75 Å². The molecule has 3 saturated heterocycles. The number of piperazine rings is 1. The zero-order valence-corrected chi connectivity index (χ0v) is 37.8. The molecule has 5 aromatic rings. The Hall–Kier alpha value is -5.81. The number of anilines is 4. The van der Waals surface area contributed by atoms with Gasteiger partial charge in [-0.3, -0.25) is 38.6 Å². The first-order valence-electron chi connectivity index (χ1n) is 22.6. The minimum absolute atomic E-state index is 0.0695. The highest BCUT2D eigenvalue weighted by Crippen LogP contribution is 2.47. The molecule has 9 rings (SSSR count). The second-order valence-electron chi connectivity index (χ2n) is 18.3. The van der Waals surface area contributed by atoms with Crippen molar-refractivity contribution in [3.8, 4) is 5.75 Å². The molecular formula is C46H57ClN12O5. The van der Waals surface area contributed by atoms with Gasteiger partial charge >= 0.3 is 0 Å². The van der Waals surface area contributed by atoms with E-state index in [0.29, 0.717) is 57.7 Å². The summed E-state index contributed by atoms with van der Waals surface area (Å²) in [5.41, 5.74) is 4.07. The Kier molecular flexibility index (Phi) is 12.2. The summed E-state index contributed by atoms with van der Waals surface area (Å²) >= 11 is 6.63. The van der Waals surface area contributed by atoms with E-state index in [2.05, 4.69) is 58.8 Å². The highest BCUT2D eigenvalue weighted by Gasteiger charge is 2.39. The predicted octanol–water partition coefficient (Wildman–Crippen LogP) is 5.30. The number of likely N-dealkylation sites (N-methyl/N-ethyl adjacent to an activating group) is 1. The van der Waals surface area contributed by atoms with E-state index in [-0.39, 0.29) is 41.7 Å². The van der Waals surface area contributed by atoms with E-state index in [1.807, 2.05) is 31.6 Å². The minimum atomic E-state index is -0.403. The summed E-state index contributed by atoms with van der Waals surface area (Å²) in [6.45, 7) is 10.5. The van der Waals surface area contributed by atoms with Gasteiger partial charge in [0, 0.05) is 88.8 Å². The molecule has 4 aromatic heterocycles. The molecule has 64 heavy (non-hydrogen) atoms. The maximum absolute atomic E-state index is 13.2. The lowest BCUT2D eigenvalue weighted by molar-refractivity contribution is -0.134. The maximum Gasteiger partial charge on any atom is 0.294 e. The summed E-state index contributed by atoms with van der Waals surface area (Å²) in [4.78, 5) is 70.9. The number of amides is 3. The average Bonchev–Trinajstić information content (AvgIpc) is 3.62. The number of aryl methyl sites for hydroxylation is 1. The summed E-state index contributed by atoms with van der Waals surface area (Å²) in [5, 5.41) is 15.0. The highest BCUT2D eigenvalue weighted by atomic mass is 35.5. The molecule has 1 saturated carbocycles. The minimum Gasteiger partial charge on any atom is -0.478 e. The number of halogens is 1. The Morgan fingerprint density at radius 1 is 0.953 bits per heavy atom. The molecule has 1 spiro atoms. The fourth-order valence-corrected chi connectivity index (χ4v) is 10.3. The number of hydrogen-bond acceptors (Lipinski definition) is 13. The van der Waals surface area contributed by atoms with Crippen LogP contribution in [0.3, 0.4) is 0 Å². The van der Waals surface area contributed by atoms with Crippen molar-refractivity contribution in [1.82, 2.24) is 44.8 Å². The molecule has 1 aromatic carbocycles. The molecule has 338 valence electrons. The lowest BCUT2D eigenvalue weighted by Gasteiger charge is -2.47. The van der Waals surface area contributed by atoms with Crippen LogP contribution < -0.4 is 36.0 Å². The third-order valence-corrected chi connectivity index (χ3v) is 14.2. The molecule has 18 heteroatoms. The second-order valence-corrected chi connectivity index (χ2v) is 18.7. The van der Waals surface area contributed by atoms with Crippen molar-refractivity contribution in [3.05, 3.63) is 63.8 Å². The van der Waals surface area contributed by atoms with E-state index < -0.39 is 5.92 Å². The number of nitrogens with zero attached hydrogens (tertiary/aromatic N) is 9. The average molecular weight is 893 g/mol. The summed E-state index contributed by atoms with van der Waals surface area (Å²) < 4.78 is 9.03. The number of fused-ring (bicyclic) bond motifs is 2. The first-order valence-corrected chi connectivity index (χ1v) is 23.0. The van der Waals surface area contributed by atoms with Gasteiger partial charge in [-0.25, -0.2) is 9.97 Å². The highest BCUT2D eigenvalue weighted by molar-refractivity contribution is 6.33. The zero-order valence-electron chi connectivity index (χ0n) is 37.0. The molecule has 4 aliphatic rings. The number of ether oxygens (including phenoxy) is 1. The second kappa shape index (κ2) is 18.0. The van der Waals surface area contributed by atoms with Crippen molar-refractivity contribution >= 4 is 74.4 Å². The monoisotopic (exact) mass is 892 g/mol. The van der Waals surface area contributed by atoms with Crippen molar-refractivity contribution in [2.45, 2.75) is 77.2 Å². The first kappa shape index (κ1) is 43.4. The van der Waals surface area contributed by atoms with Crippen molar-refractivity contribution in [2.24, 2.45) is 18.4 Å². The molecule has 1 unspecified atom stereocenters. The standard InChI is InChI=1S/C46H57ClN12O5/c1-28(2)59-42-30(22-37(44(59)63)64-27-39(61)48-3)21-31(24-49-42)51-41-35(47)25-50-45(53-41)58-15-13-46(14-16-58)11-9-29(10-12-46)26-56-17-19-57(20-18-56)32-5-6-33-36(23-32)55(4)54-40(33)34-7-8-38(60)52-43(34)62/h5-6,21-25,28-29,34H,7-20,26-27H2,1-4H3,(H,48,61)(H,50,51,53)(H,52,60,62). The van der Waals surface area contributed by atoms with Gasteiger partial charge < -0.3 is 25.2 Å². The van der Waals surface area contributed by atoms with Gasteiger partial charge in [0.15, 0.2) is 18.2 Å². The number of carbonyl (C=O) groups is 3. The van der Waals surface area contributed by atoms with Crippen LogP contribution in [0.2, 0.25) is 5.02 Å². The number of nitrogens with one attached hydrogen (secondary N) is 3. The van der Waals surface area contributed by atoms with Gasteiger partial charge in [0.1, 0.15) is 10.7 Å². The van der Waals surface area contributed by atoms with Gasteiger partial charge in [0.2, 0.25) is 17.8 Å². The largest absolute Gasteiger partial charge is 0.478 e. The molecule has 7 heterocycles. The van der Waals surface area contributed by atoms with Gasteiger partial charge in [-0.2, -0.15) is 10.1 Å². The van der Waals surface area contributed by atoms with Gasteiger partial charge in [-0.1, -0.05) is 11.6 Å². The van der Waals surface area contributed by atoms with Crippen molar-refractivity contribution in [1.29, 1.82) is 0 Å². The normalized spacial score (nSPS) is 19.8. The smallest absolute Gasteiger partial charge is 0.294 e. The number of rotatable bonds is 11. The number of piperidine rings is 2. The van der Waals surface area contributed by atoms with Gasteiger partial charge in [0.05, 0.1) is 35.2 Å². The molecule has 0 bridgehead atoms. The maximum atomic E-state index is 13.2. The Bertz CT molecular complexity index is 2640. The van der Waals surface area contributed by atoms with Gasteiger partial charge in [0.25, 0.3) is 11.5 Å². The summed E-state index contributed by atoms with van der Waals surface area (Å²) in [5.74, 6) is 0.681. The fraction of sp³-hybridized carbons (Fsp3) is 0.522. The Morgan fingerprint density at radius 3 is 2.44 bits per heavy atom. The van der Waals surface area contributed by atoms with E-state index in [1.165, 1.54) is 38.4 Å². The third kappa shape index (κ3) is 8.83. The van der Waals surface area contributed by atoms with Crippen LogP contribution in [0.1, 0.15) is 82.9 Å². The van der Waals surface area contributed by atoms with Crippen LogP contribution in [0.25, 0.3) is 21.9 Å². The Balaban J connectivity index is 0.767. The van der Waals surface area contributed by atoms with Crippen LogP contribution in [0, 0.1) is 11.3 Å². The molecular weight excluding hydrogens is 836 g/mol. The van der Waals surface area contributed by atoms with Crippen molar-refractivity contribution in [3.63, 3.8) is 0 Å². The van der Waals surface area contributed by atoms with E-state index in [4.69, 9.17) is 26.4 Å². The van der Waals surface area contributed by atoms with Crippen LogP contribution in [0.4, 0.5) is 23.1 Å². The van der Waals surface area contributed by atoms with Gasteiger partial charge in [-0.05, 0) is 100 Å². The lowest BCUT2D eigenvalue weighted by Crippen LogP contribution is -2.48. The van der Waals surface area contributed by atoms with Crippen LogP contribution in [-0.4, -0.2) is 111 Å². The van der Waals surface area contributed by atoms with E-state index >= 15 is 0 Å². The quantitative estimate of drug-likeness (QED) is 0.146. The lowest BCUT2D eigenvalue weighted by atomic mass is 9.65. The molecule has 4 fully saturated rings. The molecule has 1 aliphatic carbocycles. The Morgan fingerprint density at radius 2 is 1.72 bits per heavy atom. The number of aromatic nitrogens is 6. The zero-order chi connectivity index (χ0) is 44.7. The number of imide groups is 1. The fourth-order valence-electron chi connectivity index (χ4n) is 10.2.